The van der Waals surface area contributed by atoms with Gasteiger partial charge in [-0.2, -0.15) is 0 Å². The fourth-order valence-electron chi connectivity index (χ4n) is 3.56. The molecule has 0 fully saturated rings. The van der Waals surface area contributed by atoms with Crippen LogP contribution < -0.4 is 9.62 Å². The van der Waals surface area contributed by atoms with Crippen molar-refractivity contribution in [2.75, 3.05) is 23.7 Å². The molecule has 0 unspecified atom stereocenters. The van der Waals surface area contributed by atoms with Gasteiger partial charge in [0.1, 0.15) is 12.6 Å². The summed E-state index contributed by atoms with van der Waals surface area (Å²) in [5, 5.41) is 2.75. The lowest BCUT2D eigenvalue weighted by atomic mass is 10.1. The molecule has 0 aliphatic heterocycles. The van der Waals surface area contributed by atoms with Crippen LogP contribution in [-0.4, -0.2) is 50.5 Å². The highest BCUT2D eigenvalue weighted by Gasteiger charge is 2.30. The molecule has 32 heavy (non-hydrogen) atoms. The average Bonchev–Trinajstić information content (AvgIpc) is 2.74. The summed E-state index contributed by atoms with van der Waals surface area (Å²) in [7, 11) is -3.73. The second-order valence-electron chi connectivity index (χ2n) is 7.83. The molecule has 0 saturated heterocycles. The van der Waals surface area contributed by atoms with Gasteiger partial charge in [0, 0.05) is 13.1 Å². The Labute approximate surface area is 191 Å². The van der Waals surface area contributed by atoms with Crippen LogP contribution in [0, 0.1) is 6.92 Å². The number of sulfonamides is 1. The van der Waals surface area contributed by atoms with Gasteiger partial charge in [0.25, 0.3) is 0 Å². The maximum absolute atomic E-state index is 13.5. The van der Waals surface area contributed by atoms with E-state index in [0.29, 0.717) is 18.7 Å². The summed E-state index contributed by atoms with van der Waals surface area (Å²) in [6.45, 7) is 7.61. The molecule has 174 valence electrons. The topological polar surface area (TPSA) is 86.8 Å². The fraction of sp³-hybridized carbons (Fsp3) is 0.417. The average molecular weight is 460 g/mol. The number of hydrogen-bond acceptors (Lipinski definition) is 4. The van der Waals surface area contributed by atoms with Crippen LogP contribution in [0.15, 0.2) is 48.5 Å². The molecule has 0 radical (unpaired) electrons. The number of benzene rings is 2. The molecule has 0 aliphatic carbocycles. The smallest absolute Gasteiger partial charge is 0.244 e. The summed E-state index contributed by atoms with van der Waals surface area (Å²) in [6, 6.07) is 14.1. The maximum atomic E-state index is 13.5. The SMILES string of the molecule is CCNC(=O)[C@H](C)N(Cc1cccc(C)c1)C(=O)CN(c1ccccc1CC)S(C)(=O)=O. The number of carbonyl (C=O) groups is 2. The predicted molar refractivity (Wildman–Crippen MR) is 128 cm³/mol. The van der Waals surface area contributed by atoms with Gasteiger partial charge in [-0.15, -0.1) is 0 Å². The Morgan fingerprint density at radius 3 is 2.34 bits per heavy atom. The third-order valence-corrected chi connectivity index (χ3v) is 6.40. The summed E-state index contributed by atoms with van der Waals surface area (Å²) in [4.78, 5) is 27.5. The number of hydrogen-bond donors (Lipinski definition) is 1. The largest absolute Gasteiger partial charge is 0.355 e. The molecule has 0 bridgehead atoms. The third kappa shape index (κ3) is 6.56. The Kier molecular flexibility index (Phi) is 8.83. The van der Waals surface area contributed by atoms with E-state index in [1.165, 1.54) is 4.90 Å². The van der Waals surface area contributed by atoms with Crippen molar-refractivity contribution in [3.63, 3.8) is 0 Å². The van der Waals surface area contributed by atoms with Gasteiger partial charge in [-0.1, -0.05) is 55.0 Å². The van der Waals surface area contributed by atoms with Crippen molar-refractivity contribution in [2.24, 2.45) is 0 Å². The number of likely N-dealkylation sites (N-methyl/N-ethyl adjacent to an activating group) is 1. The quantitative estimate of drug-likeness (QED) is 0.592. The van der Waals surface area contributed by atoms with E-state index in [9.17, 15) is 18.0 Å². The highest BCUT2D eigenvalue weighted by Crippen LogP contribution is 2.24. The Morgan fingerprint density at radius 2 is 1.75 bits per heavy atom. The zero-order chi connectivity index (χ0) is 23.9. The first-order valence-electron chi connectivity index (χ1n) is 10.8. The van der Waals surface area contributed by atoms with E-state index in [1.54, 1.807) is 19.1 Å². The van der Waals surface area contributed by atoms with Gasteiger partial charge in [0.15, 0.2) is 0 Å². The molecule has 0 saturated carbocycles. The second kappa shape index (κ2) is 11.1. The number of rotatable bonds is 10. The van der Waals surface area contributed by atoms with E-state index in [2.05, 4.69) is 5.32 Å². The summed E-state index contributed by atoms with van der Waals surface area (Å²) in [5.41, 5.74) is 3.21. The highest BCUT2D eigenvalue weighted by atomic mass is 32.2. The third-order valence-electron chi connectivity index (χ3n) is 5.27. The Hall–Kier alpha value is -2.87. The molecular formula is C24H33N3O4S. The van der Waals surface area contributed by atoms with Crippen molar-refractivity contribution in [3.05, 3.63) is 65.2 Å². The molecule has 1 N–H and O–H groups in total. The van der Waals surface area contributed by atoms with Crippen LogP contribution in [0.25, 0.3) is 0 Å². The maximum Gasteiger partial charge on any atom is 0.244 e. The van der Waals surface area contributed by atoms with Crippen molar-refractivity contribution in [1.82, 2.24) is 10.2 Å². The van der Waals surface area contributed by atoms with E-state index in [4.69, 9.17) is 0 Å². The molecular weight excluding hydrogens is 426 g/mol. The zero-order valence-corrected chi connectivity index (χ0v) is 20.3. The van der Waals surface area contributed by atoms with Crippen LogP contribution in [0.5, 0.6) is 0 Å². The zero-order valence-electron chi connectivity index (χ0n) is 19.5. The molecule has 2 aromatic rings. The van der Waals surface area contributed by atoms with Gasteiger partial charge < -0.3 is 10.2 Å². The lowest BCUT2D eigenvalue weighted by Gasteiger charge is -2.32. The predicted octanol–water partition coefficient (Wildman–Crippen LogP) is 2.88. The van der Waals surface area contributed by atoms with Gasteiger partial charge in [0.05, 0.1) is 11.9 Å². The van der Waals surface area contributed by atoms with E-state index in [1.807, 2.05) is 57.2 Å². The molecule has 0 aliphatic rings. The Balaban J connectivity index is 2.42. The molecule has 2 amide bonds. The van der Waals surface area contributed by atoms with Crippen molar-refractivity contribution in [2.45, 2.75) is 46.7 Å². The van der Waals surface area contributed by atoms with Gasteiger partial charge in [-0.25, -0.2) is 8.42 Å². The Morgan fingerprint density at radius 1 is 1.06 bits per heavy atom. The lowest BCUT2D eigenvalue weighted by Crippen LogP contribution is -2.51. The van der Waals surface area contributed by atoms with Gasteiger partial charge in [-0.05, 0) is 44.4 Å². The number of nitrogens with one attached hydrogen (secondary N) is 1. The normalized spacial score (nSPS) is 12.2. The molecule has 7 nitrogen and oxygen atoms in total. The number of nitrogens with zero attached hydrogens (tertiary/aromatic N) is 2. The number of aryl methyl sites for hydroxylation is 2. The van der Waals surface area contributed by atoms with E-state index >= 15 is 0 Å². The first kappa shape index (κ1) is 25.4. The number of carbonyl (C=O) groups excluding carboxylic acids is 2. The van der Waals surface area contributed by atoms with Crippen LogP contribution in [0.2, 0.25) is 0 Å². The minimum Gasteiger partial charge on any atom is -0.355 e. The highest BCUT2D eigenvalue weighted by molar-refractivity contribution is 7.92. The standard InChI is InChI=1S/C24H33N3O4S/c1-6-21-13-8-9-14-22(21)27(32(5,30)31)17-23(28)26(19(4)24(29)25-7-2)16-20-12-10-11-18(3)15-20/h8-15,19H,6-7,16-17H2,1-5H3,(H,25,29)/t19-/m0/s1. The monoisotopic (exact) mass is 459 g/mol. The molecule has 1 atom stereocenters. The van der Waals surface area contributed by atoms with Crippen molar-refractivity contribution in [1.29, 1.82) is 0 Å². The molecule has 8 heteroatoms. The van der Waals surface area contributed by atoms with E-state index < -0.39 is 22.0 Å². The molecule has 0 spiro atoms. The number of para-hydroxylation sites is 1. The lowest BCUT2D eigenvalue weighted by molar-refractivity contribution is -0.139. The summed E-state index contributed by atoms with van der Waals surface area (Å²) in [6.07, 6.45) is 1.71. The first-order chi connectivity index (χ1) is 15.1. The summed E-state index contributed by atoms with van der Waals surface area (Å²) < 4.78 is 26.4. The minimum atomic E-state index is -3.73. The van der Waals surface area contributed by atoms with Gasteiger partial charge in [-0.3, -0.25) is 13.9 Å². The summed E-state index contributed by atoms with van der Waals surface area (Å²) in [5.74, 6) is -0.727. The first-order valence-corrected chi connectivity index (χ1v) is 12.6. The van der Waals surface area contributed by atoms with Crippen LogP contribution in [0.3, 0.4) is 0 Å². The molecule has 2 aromatic carbocycles. The van der Waals surface area contributed by atoms with E-state index in [-0.39, 0.29) is 19.0 Å². The molecule has 0 heterocycles. The van der Waals surface area contributed by atoms with Crippen molar-refractivity contribution in [3.8, 4) is 0 Å². The Bertz CT molecular complexity index is 1050. The van der Waals surface area contributed by atoms with E-state index in [0.717, 1.165) is 27.3 Å². The second-order valence-corrected chi connectivity index (χ2v) is 9.74. The van der Waals surface area contributed by atoms with Gasteiger partial charge >= 0.3 is 0 Å². The fourth-order valence-corrected chi connectivity index (χ4v) is 4.44. The number of amides is 2. The van der Waals surface area contributed by atoms with Crippen LogP contribution in [0.1, 0.15) is 37.5 Å². The minimum absolute atomic E-state index is 0.200. The van der Waals surface area contributed by atoms with Crippen LogP contribution in [-0.2, 0) is 32.6 Å². The van der Waals surface area contributed by atoms with Gasteiger partial charge in [0.2, 0.25) is 21.8 Å². The molecule has 0 aromatic heterocycles. The van der Waals surface area contributed by atoms with Crippen molar-refractivity contribution < 1.29 is 18.0 Å². The molecule has 2 rings (SSSR count). The summed E-state index contributed by atoms with van der Waals surface area (Å²) >= 11 is 0. The van der Waals surface area contributed by atoms with Crippen molar-refractivity contribution >= 4 is 27.5 Å². The number of anilines is 1. The van der Waals surface area contributed by atoms with Crippen LogP contribution in [0.4, 0.5) is 5.69 Å². The van der Waals surface area contributed by atoms with Crippen LogP contribution >= 0.6 is 0 Å².